The first kappa shape index (κ1) is 14.8. The lowest BCUT2D eigenvalue weighted by atomic mass is 9.89. The molecular weight excluding hydrogens is 290 g/mol. The number of rotatable bonds is 5. The van der Waals surface area contributed by atoms with Gasteiger partial charge in [0.25, 0.3) is 0 Å². The van der Waals surface area contributed by atoms with Crippen LogP contribution in [0.5, 0.6) is 0 Å². The maximum atomic E-state index is 10.8. The highest BCUT2D eigenvalue weighted by Gasteiger charge is 2.43. The molecule has 7 heteroatoms. The summed E-state index contributed by atoms with van der Waals surface area (Å²) in [5, 5.41) is 18.2. The summed E-state index contributed by atoms with van der Waals surface area (Å²) in [5.41, 5.74) is 0. The van der Waals surface area contributed by atoms with Crippen LogP contribution in [-0.4, -0.2) is 43.8 Å². The van der Waals surface area contributed by atoms with E-state index < -0.39 is 5.97 Å². The van der Waals surface area contributed by atoms with Crippen LogP contribution in [0.3, 0.4) is 0 Å². The molecule has 4 atom stereocenters. The van der Waals surface area contributed by atoms with Crippen LogP contribution in [0.25, 0.3) is 0 Å². The summed E-state index contributed by atoms with van der Waals surface area (Å²) in [4.78, 5) is 10.8. The summed E-state index contributed by atoms with van der Waals surface area (Å²) < 4.78 is 8.08. The van der Waals surface area contributed by atoms with Crippen molar-refractivity contribution in [2.75, 3.05) is 5.75 Å². The lowest BCUT2D eigenvalue weighted by Gasteiger charge is -2.19. The van der Waals surface area contributed by atoms with Crippen LogP contribution in [0.1, 0.15) is 51.4 Å². The normalized spacial score (nSPS) is 32.5. The van der Waals surface area contributed by atoms with Crippen molar-refractivity contribution in [3.05, 3.63) is 5.82 Å². The van der Waals surface area contributed by atoms with Gasteiger partial charge in [-0.3, -0.25) is 4.79 Å². The van der Waals surface area contributed by atoms with Gasteiger partial charge >= 0.3 is 5.97 Å². The molecule has 2 heterocycles. The monoisotopic (exact) mass is 311 g/mol. The maximum absolute atomic E-state index is 10.8. The molecule has 6 nitrogen and oxygen atoms in total. The van der Waals surface area contributed by atoms with Crippen molar-refractivity contribution >= 4 is 17.7 Å². The molecule has 4 unspecified atom stereocenters. The quantitative estimate of drug-likeness (QED) is 0.841. The third-order valence-electron chi connectivity index (χ3n) is 4.47. The van der Waals surface area contributed by atoms with Gasteiger partial charge in [-0.25, -0.2) is 0 Å². The molecule has 1 aromatic rings. The fraction of sp³-hybridized carbons (Fsp3) is 0.786. The van der Waals surface area contributed by atoms with E-state index in [-0.39, 0.29) is 23.9 Å². The smallest absolute Gasteiger partial charge is 0.313 e. The first-order chi connectivity index (χ1) is 9.99. The molecule has 1 N–H and O–H groups in total. The van der Waals surface area contributed by atoms with E-state index in [1.807, 2.05) is 0 Å². The van der Waals surface area contributed by atoms with Crippen LogP contribution < -0.4 is 0 Å². The average Bonchev–Trinajstić information content (AvgIpc) is 3.12. The molecule has 3 rings (SSSR count). The Bertz CT molecular complexity index is 544. The topological polar surface area (TPSA) is 77.2 Å². The molecule has 2 fully saturated rings. The van der Waals surface area contributed by atoms with Gasteiger partial charge in [0.1, 0.15) is 5.82 Å². The minimum atomic E-state index is -0.827. The molecule has 0 amide bonds. The van der Waals surface area contributed by atoms with Crippen molar-refractivity contribution in [2.45, 2.75) is 62.9 Å². The standard InChI is InChI=1S/C14H21N3O3S/c1-7-8(2)20-9(3)12(7)13-15-16-14(21-6-11(18)19)17(13)10-4-5-10/h7-10,12H,4-6H2,1-3H3,(H,18,19). The zero-order valence-electron chi connectivity index (χ0n) is 12.5. The van der Waals surface area contributed by atoms with E-state index in [2.05, 4.69) is 35.5 Å². The fourth-order valence-electron chi connectivity index (χ4n) is 3.13. The second-order valence-electron chi connectivity index (χ2n) is 6.06. The van der Waals surface area contributed by atoms with E-state index in [1.165, 1.54) is 11.8 Å². The Morgan fingerprint density at radius 3 is 2.57 bits per heavy atom. The summed E-state index contributed by atoms with van der Waals surface area (Å²) in [7, 11) is 0. The Morgan fingerprint density at radius 2 is 2.05 bits per heavy atom. The lowest BCUT2D eigenvalue weighted by molar-refractivity contribution is -0.133. The number of thioether (sulfide) groups is 1. The number of carbonyl (C=O) groups is 1. The molecule has 1 aromatic heterocycles. The zero-order chi connectivity index (χ0) is 15.1. The fourth-order valence-corrected chi connectivity index (χ4v) is 3.86. The van der Waals surface area contributed by atoms with Crippen molar-refractivity contribution in [3.63, 3.8) is 0 Å². The van der Waals surface area contributed by atoms with Gasteiger partial charge in [0.05, 0.1) is 23.9 Å². The largest absolute Gasteiger partial charge is 0.481 e. The highest BCUT2D eigenvalue weighted by molar-refractivity contribution is 7.99. The van der Waals surface area contributed by atoms with Crippen molar-refractivity contribution in [1.29, 1.82) is 0 Å². The van der Waals surface area contributed by atoms with Crippen molar-refractivity contribution in [2.24, 2.45) is 5.92 Å². The third-order valence-corrected chi connectivity index (χ3v) is 5.40. The predicted molar refractivity (Wildman–Crippen MR) is 78.6 cm³/mol. The number of nitrogens with zero attached hydrogens (tertiary/aromatic N) is 3. The molecule has 1 saturated heterocycles. The maximum Gasteiger partial charge on any atom is 0.313 e. The van der Waals surface area contributed by atoms with E-state index in [9.17, 15) is 4.79 Å². The van der Waals surface area contributed by atoms with E-state index in [0.29, 0.717) is 12.0 Å². The third kappa shape index (κ3) is 2.81. The van der Waals surface area contributed by atoms with Gasteiger partial charge in [0.2, 0.25) is 0 Å². The van der Waals surface area contributed by atoms with Crippen molar-refractivity contribution < 1.29 is 14.6 Å². The Kier molecular flexibility index (Phi) is 3.96. The van der Waals surface area contributed by atoms with Gasteiger partial charge in [-0.2, -0.15) is 0 Å². The van der Waals surface area contributed by atoms with E-state index in [0.717, 1.165) is 23.8 Å². The Hall–Kier alpha value is -1.08. The molecule has 1 saturated carbocycles. The van der Waals surface area contributed by atoms with E-state index in [1.54, 1.807) is 0 Å². The Labute approximate surface area is 128 Å². The SMILES string of the molecule is CC1OC(C)C(c2nnc(SCC(=O)O)n2C2CC2)C1C. The molecule has 0 aromatic carbocycles. The van der Waals surface area contributed by atoms with Crippen LogP contribution in [0.15, 0.2) is 5.16 Å². The molecule has 2 aliphatic rings. The highest BCUT2D eigenvalue weighted by atomic mass is 32.2. The lowest BCUT2D eigenvalue weighted by Crippen LogP contribution is -2.20. The number of carboxylic acids is 1. The molecule has 116 valence electrons. The Balaban J connectivity index is 1.90. The van der Waals surface area contributed by atoms with Crippen LogP contribution in [-0.2, 0) is 9.53 Å². The predicted octanol–water partition coefficient (Wildman–Crippen LogP) is 2.32. The molecule has 0 radical (unpaired) electrons. The second kappa shape index (κ2) is 5.61. The zero-order valence-corrected chi connectivity index (χ0v) is 13.3. The summed E-state index contributed by atoms with van der Waals surface area (Å²) in [5.74, 6) is 0.778. The number of ether oxygens (including phenoxy) is 1. The van der Waals surface area contributed by atoms with Crippen LogP contribution in [0.2, 0.25) is 0 Å². The molecule has 0 bridgehead atoms. The number of aliphatic carboxylic acids is 1. The van der Waals surface area contributed by atoms with Gasteiger partial charge in [-0.1, -0.05) is 18.7 Å². The number of hydrogen-bond donors (Lipinski definition) is 1. The molecule has 1 aliphatic carbocycles. The van der Waals surface area contributed by atoms with Gasteiger partial charge < -0.3 is 14.4 Å². The van der Waals surface area contributed by atoms with Gasteiger partial charge in [0, 0.05) is 6.04 Å². The summed E-state index contributed by atoms with van der Waals surface area (Å²) in [6.07, 6.45) is 2.58. The van der Waals surface area contributed by atoms with Crippen LogP contribution >= 0.6 is 11.8 Å². The van der Waals surface area contributed by atoms with Crippen molar-refractivity contribution in [1.82, 2.24) is 14.8 Å². The van der Waals surface area contributed by atoms with Crippen molar-refractivity contribution in [3.8, 4) is 0 Å². The van der Waals surface area contributed by atoms with Gasteiger partial charge in [-0.05, 0) is 32.6 Å². The number of carboxylic acid groups (broad SMARTS) is 1. The van der Waals surface area contributed by atoms with Crippen LogP contribution in [0.4, 0.5) is 0 Å². The minimum absolute atomic E-state index is 0.0214. The molecule has 1 aliphatic heterocycles. The van der Waals surface area contributed by atoms with E-state index in [4.69, 9.17) is 9.84 Å². The molecule has 0 spiro atoms. The summed E-state index contributed by atoms with van der Waals surface area (Å²) in [6, 6.07) is 0.432. The minimum Gasteiger partial charge on any atom is -0.481 e. The number of hydrogen-bond acceptors (Lipinski definition) is 5. The van der Waals surface area contributed by atoms with Crippen LogP contribution in [0, 0.1) is 5.92 Å². The summed E-state index contributed by atoms with van der Waals surface area (Å²) >= 11 is 1.26. The second-order valence-corrected chi connectivity index (χ2v) is 7.00. The Morgan fingerprint density at radius 1 is 1.33 bits per heavy atom. The number of aromatic nitrogens is 3. The molecule has 21 heavy (non-hydrogen) atoms. The average molecular weight is 311 g/mol. The highest BCUT2D eigenvalue weighted by Crippen LogP contribution is 2.45. The van der Waals surface area contributed by atoms with Gasteiger partial charge in [0.15, 0.2) is 5.16 Å². The first-order valence-electron chi connectivity index (χ1n) is 7.44. The molecular formula is C14H21N3O3S. The van der Waals surface area contributed by atoms with E-state index >= 15 is 0 Å². The summed E-state index contributed by atoms with van der Waals surface area (Å²) in [6.45, 7) is 6.37. The first-order valence-corrected chi connectivity index (χ1v) is 8.42. The van der Waals surface area contributed by atoms with Gasteiger partial charge in [-0.15, -0.1) is 10.2 Å².